The second-order valence-corrected chi connectivity index (χ2v) is 7.84. The minimum atomic E-state index is -0.134. The van der Waals surface area contributed by atoms with E-state index >= 15 is 0 Å². The Bertz CT molecular complexity index is 1100. The van der Waals surface area contributed by atoms with E-state index in [1.54, 1.807) is 0 Å². The molecule has 0 aliphatic carbocycles. The van der Waals surface area contributed by atoms with Gasteiger partial charge in [-0.15, -0.1) is 5.10 Å². The van der Waals surface area contributed by atoms with Crippen LogP contribution in [-0.2, 0) is 0 Å². The minimum absolute atomic E-state index is 0.134. The fourth-order valence-electron chi connectivity index (χ4n) is 2.54. The Morgan fingerprint density at radius 3 is 2.52 bits per heavy atom. The second-order valence-electron chi connectivity index (χ2n) is 6.10. The predicted octanol–water partition coefficient (Wildman–Crippen LogP) is 4.49. The van der Waals surface area contributed by atoms with Gasteiger partial charge in [0, 0.05) is 16.3 Å². The topological polar surface area (TPSA) is 118 Å². The van der Waals surface area contributed by atoms with Crippen molar-refractivity contribution in [3.63, 3.8) is 0 Å². The van der Waals surface area contributed by atoms with Crippen LogP contribution in [0, 0.1) is 0 Å². The lowest BCUT2D eigenvalue weighted by molar-refractivity contribution is 0.884. The van der Waals surface area contributed by atoms with Gasteiger partial charge in [0.15, 0.2) is 5.82 Å². The minimum Gasteiger partial charge on any atom is -0.368 e. The van der Waals surface area contributed by atoms with Crippen LogP contribution < -0.4 is 11.1 Å². The van der Waals surface area contributed by atoms with Crippen LogP contribution in [0.15, 0.2) is 59.8 Å². The number of halogens is 1. The van der Waals surface area contributed by atoms with Gasteiger partial charge in [0.25, 0.3) is 0 Å². The number of para-hydroxylation sites is 1. The van der Waals surface area contributed by atoms with Crippen LogP contribution in [0.25, 0.3) is 11.4 Å². The summed E-state index contributed by atoms with van der Waals surface area (Å²) >= 11 is 7.36. The predicted molar refractivity (Wildman–Crippen MR) is 115 cm³/mol. The number of anilines is 3. The van der Waals surface area contributed by atoms with Crippen molar-refractivity contribution < 1.29 is 0 Å². The molecule has 10 heteroatoms. The van der Waals surface area contributed by atoms with E-state index in [2.05, 4.69) is 35.5 Å². The summed E-state index contributed by atoms with van der Waals surface area (Å²) in [5.74, 6) is 1.75. The number of hydrogen-bond acceptors (Lipinski definition) is 8. The molecule has 0 fully saturated rings. The third-order valence-corrected chi connectivity index (χ3v) is 5.14. The quantitative estimate of drug-likeness (QED) is 0.387. The molecule has 4 rings (SSSR count). The maximum atomic E-state index is 5.93. The van der Waals surface area contributed by atoms with Gasteiger partial charge in [-0.3, -0.25) is 5.10 Å². The van der Waals surface area contributed by atoms with Crippen LogP contribution in [0.4, 0.5) is 17.6 Å². The SMILES string of the molecule is C[C@@H](Sc1n[nH]c(-c2ccc(Cl)cc2)n1)c1nc(N)nc(Nc2ccccc2)n1. The highest BCUT2D eigenvalue weighted by atomic mass is 35.5. The van der Waals surface area contributed by atoms with Crippen LogP contribution in [0.2, 0.25) is 5.02 Å². The highest BCUT2D eigenvalue weighted by Gasteiger charge is 2.17. The first kappa shape index (κ1) is 19.2. The molecule has 0 bridgehead atoms. The van der Waals surface area contributed by atoms with Crippen molar-refractivity contribution in [3.05, 3.63) is 65.4 Å². The molecule has 2 heterocycles. The monoisotopic (exact) mass is 424 g/mol. The molecule has 1 atom stereocenters. The van der Waals surface area contributed by atoms with Gasteiger partial charge in [-0.25, -0.2) is 4.98 Å². The third kappa shape index (κ3) is 4.82. The number of nitrogens with one attached hydrogen (secondary N) is 2. The van der Waals surface area contributed by atoms with Crippen LogP contribution in [-0.4, -0.2) is 30.1 Å². The molecular weight excluding hydrogens is 408 g/mol. The molecule has 0 amide bonds. The maximum Gasteiger partial charge on any atom is 0.232 e. The van der Waals surface area contributed by atoms with Gasteiger partial charge < -0.3 is 11.1 Å². The lowest BCUT2D eigenvalue weighted by atomic mass is 10.2. The zero-order valence-corrected chi connectivity index (χ0v) is 16.9. The molecule has 0 radical (unpaired) electrons. The average molecular weight is 425 g/mol. The van der Waals surface area contributed by atoms with Crippen molar-refractivity contribution in [3.8, 4) is 11.4 Å². The third-order valence-electron chi connectivity index (χ3n) is 3.93. The summed E-state index contributed by atoms with van der Waals surface area (Å²) in [4.78, 5) is 17.4. The fraction of sp³-hybridized carbons (Fsp3) is 0.105. The Morgan fingerprint density at radius 1 is 1.00 bits per heavy atom. The van der Waals surface area contributed by atoms with E-state index in [4.69, 9.17) is 17.3 Å². The van der Waals surface area contributed by atoms with E-state index in [0.717, 1.165) is 11.3 Å². The molecule has 4 aromatic rings. The van der Waals surface area contributed by atoms with Crippen LogP contribution in [0.3, 0.4) is 0 Å². The van der Waals surface area contributed by atoms with Crippen molar-refractivity contribution in [2.24, 2.45) is 0 Å². The fourth-order valence-corrected chi connectivity index (χ4v) is 3.44. The molecule has 146 valence electrons. The first-order valence-electron chi connectivity index (χ1n) is 8.75. The average Bonchev–Trinajstić information content (AvgIpc) is 3.17. The summed E-state index contributed by atoms with van der Waals surface area (Å²) < 4.78 is 0. The lowest BCUT2D eigenvalue weighted by Crippen LogP contribution is -2.08. The number of benzene rings is 2. The Kier molecular flexibility index (Phi) is 5.59. The zero-order valence-electron chi connectivity index (χ0n) is 15.4. The van der Waals surface area contributed by atoms with Crippen LogP contribution >= 0.6 is 23.4 Å². The summed E-state index contributed by atoms with van der Waals surface area (Å²) in [6.45, 7) is 1.96. The number of H-pyrrole nitrogens is 1. The van der Waals surface area contributed by atoms with Gasteiger partial charge in [-0.2, -0.15) is 15.0 Å². The number of hydrogen-bond donors (Lipinski definition) is 3. The Labute approximate surface area is 176 Å². The van der Waals surface area contributed by atoms with E-state index in [0.29, 0.717) is 27.8 Å². The first-order chi connectivity index (χ1) is 14.1. The van der Waals surface area contributed by atoms with Crippen molar-refractivity contribution in [2.45, 2.75) is 17.3 Å². The van der Waals surface area contributed by atoms with Crippen molar-refractivity contribution >= 4 is 40.9 Å². The van der Waals surface area contributed by atoms with E-state index in [1.807, 2.05) is 61.5 Å². The molecule has 0 saturated carbocycles. The number of nitrogens with two attached hydrogens (primary N) is 1. The van der Waals surface area contributed by atoms with Crippen molar-refractivity contribution in [1.29, 1.82) is 0 Å². The molecule has 0 saturated heterocycles. The van der Waals surface area contributed by atoms with E-state index < -0.39 is 0 Å². The second kappa shape index (κ2) is 8.46. The Morgan fingerprint density at radius 2 is 1.76 bits per heavy atom. The molecule has 0 aliphatic rings. The number of aromatic nitrogens is 6. The molecule has 0 unspecified atom stereocenters. The molecule has 2 aromatic carbocycles. The molecule has 29 heavy (non-hydrogen) atoms. The molecule has 0 spiro atoms. The standard InChI is InChI=1S/C19H17ClN8S/c1-11(29-19-25-16(27-28-19)12-7-9-13(20)10-8-12)15-23-17(21)26-18(24-15)22-14-5-3-2-4-6-14/h2-11H,1H3,(H,25,27,28)(H3,21,22,23,24,26)/t11-/m1/s1. The summed E-state index contributed by atoms with van der Waals surface area (Å²) in [6.07, 6.45) is 0. The summed E-state index contributed by atoms with van der Waals surface area (Å²) in [5, 5.41) is 11.5. The van der Waals surface area contributed by atoms with Crippen molar-refractivity contribution in [2.75, 3.05) is 11.1 Å². The first-order valence-corrected chi connectivity index (χ1v) is 10.0. The molecule has 4 N–H and O–H groups in total. The summed E-state index contributed by atoms with van der Waals surface area (Å²) in [5.41, 5.74) is 7.65. The molecule has 8 nitrogen and oxygen atoms in total. The van der Waals surface area contributed by atoms with Gasteiger partial charge in [0.1, 0.15) is 5.82 Å². The van der Waals surface area contributed by atoms with Crippen LogP contribution in [0.1, 0.15) is 18.0 Å². The van der Waals surface area contributed by atoms with Gasteiger partial charge in [-0.05, 0) is 43.3 Å². The normalized spacial score (nSPS) is 11.9. The smallest absolute Gasteiger partial charge is 0.232 e. The number of rotatable bonds is 6. The summed E-state index contributed by atoms with van der Waals surface area (Å²) in [6, 6.07) is 17.0. The van der Waals surface area contributed by atoms with E-state index in [1.165, 1.54) is 11.8 Å². The van der Waals surface area contributed by atoms with E-state index in [-0.39, 0.29) is 11.2 Å². The highest BCUT2D eigenvalue weighted by molar-refractivity contribution is 7.99. The summed E-state index contributed by atoms with van der Waals surface area (Å²) in [7, 11) is 0. The highest BCUT2D eigenvalue weighted by Crippen LogP contribution is 2.32. The maximum absolute atomic E-state index is 5.93. The number of nitrogens with zero attached hydrogens (tertiary/aromatic N) is 5. The van der Waals surface area contributed by atoms with Gasteiger partial charge in [0.05, 0.1) is 5.25 Å². The largest absolute Gasteiger partial charge is 0.368 e. The van der Waals surface area contributed by atoms with E-state index in [9.17, 15) is 0 Å². The van der Waals surface area contributed by atoms with Crippen molar-refractivity contribution in [1.82, 2.24) is 30.1 Å². The van der Waals surface area contributed by atoms with Gasteiger partial charge >= 0.3 is 0 Å². The number of nitrogen functional groups attached to an aromatic ring is 1. The van der Waals surface area contributed by atoms with Gasteiger partial charge in [0.2, 0.25) is 17.1 Å². The van der Waals surface area contributed by atoms with Crippen LogP contribution in [0.5, 0.6) is 0 Å². The Balaban J connectivity index is 1.50. The van der Waals surface area contributed by atoms with Gasteiger partial charge in [-0.1, -0.05) is 41.6 Å². The Hall–Kier alpha value is -3.17. The number of thioether (sulfide) groups is 1. The molecular formula is C19H17ClN8S. The molecule has 2 aromatic heterocycles. The number of aromatic amines is 1. The zero-order chi connectivity index (χ0) is 20.2. The molecule has 0 aliphatic heterocycles. The lowest BCUT2D eigenvalue weighted by Gasteiger charge is -2.10.